The van der Waals surface area contributed by atoms with Crippen LogP contribution in [0.15, 0.2) is 33.7 Å². The molecule has 1 amide bonds. The zero-order valence-corrected chi connectivity index (χ0v) is 15.7. The van der Waals surface area contributed by atoms with Gasteiger partial charge in [-0.05, 0) is 45.7 Å². The number of hydrogen-bond acceptors (Lipinski definition) is 5. The van der Waals surface area contributed by atoms with Crippen LogP contribution in [-0.4, -0.2) is 32.1 Å². The van der Waals surface area contributed by atoms with Crippen molar-refractivity contribution in [2.75, 3.05) is 6.54 Å². The Balaban J connectivity index is 1.79. The topological polar surface area (TPSA) is 81.2 Å². The number of carbonyl (C=O) groups is 1. The third-order valence-corrected chi connectivity index (χ3v) is 5.12. The van der Waals surface area contributed by atoms with Crippen LogP contribution in [0.25, 0.3) is 11.0 Å². The van der Waals surface area contributed by atoms with Crippen LogP contribution in [0.2, 0.25) is 0 Å². The molecule has 3 aromatic rings. The Labute approximate surface area is 156 Å². The van der Waals surface area contributed by atoms with Crippen molar-refractivity contribution in [2.45, 2.75) is 46.2 Å². The number of rotatable bonds is 3. The first-order valence-electron chi connectivity index (χ1n) is 9.24. The summed E-state index contributed by atoms with van der Waals surface area (Å²) in [6.07, 6.45) is 3.31. The average molecular weight is 366 g/mol. The van der Waals surface area contributed by atoms with E-state index in [1.165, 1.54) is 0 Å². The molecule has 1 aliphatic rings. The van der Waals surface area contributed by atoms with Crippen molar-refractivity contribution in [1.29, 1.82) is 0 Å². The molecule has 1 saturated heterocycles. The Hall–Kier alpha value is -2.96. The first-order valence-corrected chi connectivity index (χ1v) is 9.24. The van der Waals surface area contributed by atoms with Gasteiger partial charge in [0.25, 0.3) is 5.91 Å². The minimum absolute atomic E-state index is 0.179. The molecular formula is C20H22N4O3. The summed E-state index contributed by atoms with van der Waals surface area (Å²) in [5, 5.41) is 4.41. The molecule has 0 spiro atoms. The van der Waals surface area contributed by atoms with E-state index in [0.717, 1.165) is 24.2 Å². The standard InChI is InChI=1S/C20H22N4O3/c1-4-23-11-15(18(25)14-8-7-12(2)21-19(14)23)20(26)24-9-5-6-16(24)17-10-13(3)22-27-17/h7-8,10-11,16H,4-6,9H2,1-3H3/t16-/m0/s1. The predicted molar refractivity (Wildman–Crippen MR) is 101 cm³/mol. The molecule has 7 heteroatoms. The van der Waals surface area contributed by atoms with E-state index in [2.05, 4.69) is 10.1 Å². The van der Waals surface area contributed by atoms with Gasteiger partial charge in [-0.3, -0.25) is 9.59 Å². The largest absolute Gasteiger partial charge is 0.359 e. The lowest BCUT2D eigenvalue weighted by Crippen LogP contribution is -2.34. The van der Waals surface area contributed by atoms with Gasteiger partial charge in [-0.15, -0.1) is 0 Å². The molecule has 0 radical (unpaired) electrons. The van der Waals surface area contributed by atoms with Crippen molar-refractivity contribution in [1.82, 2.24) is 19.6 Å². The van der Waals surface area contributed by atoms with Gasteiger partial charge < -0.3 is 14.0 Å². The van der Waals surface area contributed by atoms with Crippen LogP contribution in [0.3, 0.4) is 0 Å². The van der Waals surface area contributed by atoms with Gasteiger partial charge in [0.15, 0.2) is 5.76 Å². The number of hydrogen-bond donors (Lipinski definition) is 0. The number of likely N-dealkylation sites (tertiary alicyclic amines) is 1. The SMILES string of the molecule is CCn1cc(C(=O)N2CCC[C@H]2c2cc(C)no2)c(=O)c2ccc(C)nc21. The fourth-order valence-electron chi connectivity index (χ4n) is 3.75. The molecule has 4 heterocycles. The third kappa shape index (κ3) is 2.93. The molecule has 0 aromatic carbocycles. The molecule has 27 heavy (non-hydrogen) atoms. The van der Waals surface area contributed by atoms with Gasteiger partial charge in [-0.25, -0.2) is 4.98 Å². The molecular weight excluding hydrogens is 344 g/mol. The average Bonchev–Trinajstić information content (AvgIpc) is 3.30. The Morgan fingerprint density at radius 2 is 2.11 bits per heavy atom. The maximum atomic E-state index is 13.3. The summed E-state index contributed by atoms with van der Waals surface area (Å²) >= 11 is 0. The highest BCUT2D eigenvalue weighted by Crippen LogP contribution is 2.33. The van der Waals surface area contributed by atoms with Crippen LogP contribution in [0.4, 0.5) is 0 Å². The molecule has 1 atom stereocenters. The predicted octanol–water partition coefficient (Wildman–Crippen LogP) is 3.00. The molecule has 7 nitrogen and oxygen atoms in total. The van der Waals surface area contributed by atoms with E-state index in [0.29, 0.717) is 29.9 Å². The summed E-state index contributed by atoms with van der Waals surface area (Å²) in [7, 11) is 0. The Bertz CT molecular complexity index is 1080. The zero-order chi connectivity index (χ0) is 19.1. The van der Waals surface area contributed by atoms with Crippen molar-refractivity contribution < 1.29 is 9.32 Å². The minimum atomic E-state index is -0.272. The van der Waals surface area contributed by atoms with Crippen molar-refractivity contribution in [3.63, 3.8) is 0 Å². The van der Waals surface area contributed by atoms with E-state index >= 15 is 0 Å². The van der Waals surface area contributed by atoms with Crippen LogP contribution in [-0.2, 0) is 6.54 Å². The van der Waals surface area contributed by atoms with Crippen LogP contribution in [0.5, 0.6) is 0 Å². The molecule has 0 unspecified atom stereocenters. The molecule has 1 fully saturated rings. The van der Waals surface area contributed by atoms with E-state index in [1.807, 2.05) is 31.4 Å². The van der Waals surface area contributed by atoms with E-state index < -0.39 is 0 Å². The lowest BCUT2D eigenvalue weighted by Gasteiger charge is -2.23. The molecule has 140 valence electrons. The zero-order valence-electron chi connectivity index (χ0n) is 15.7. The third-order valence-electron chi connectivity index (χ3n) is 5.12. The van der Waals surface area contributed by atoms with Crippen LogP contribution < -0.4 is 5.43 Å². The number of aromatic nitrogens is 3. The number of amides is 1. The van der Waals surface area contributed by atoms with E-state index in [1.54, 1.807) is 23.2 Å². The number of pyridine rings is 2. The fraction of sp³-hybridized carbons (Fsp3) is 0.400. The minimum Gasteiger partial charge on any atom is -0.359 e. The highest BCUT2D eigenvalue weighted by molar-refractivity contribution is 5.97. The number of aryl methyl sites for hydroxylation is 3. The first kappa shape index (κ1) is 17.5. The number of fused-ring (bicyclic) bond motifs is 1. The highest BCUT2D eigenvalue weighted by Gasteiger charge is 2.34. The van der Waals surface area contributed by atoms with Crippen LogP contribution in [0, 0.1) is 13.8 Å². The lowest BCUT2D eigenvalue weighted by molar-refractivity contribution is 0.0712. The van der Waals surface area contributed by atoms with Gasteiger partial charge in [0.05, 0.1) is 17.1 Å². The fourth-order valence-corrected chi connectivity index (χ4v) is 3.75. The second-order valence-electron chi connectivity index (χ2n) is 7.01. The van der Waals surface area contributed by atoms with Gasteiger partial charge >= 0.3 is 0 Å². The van der Waals surface area contributed by atoms with E-state index in [4.69, 9.17) is 4.52 Å². The molecule has 0 bridgehead atoms. The molecule has 1 aliphatic heterocycles. The van der Waals surface area contributed by atoms with Crippen molar-refractivity contribution in [2.24, 2.45) is 0 Å². The number of nitrogens with zero attached hydrogens (tertiary/aromatic N) is 4. The maximum Gasteiger partial charge on any atom is 0.259 e. The first-order chi connectivity index (χ1) is 13.0. The lowest BCUT2D eigenvalue weighted by atomic mass is 10.1. The van der Waals surface area contributed by atoms with E-state index in [9.17, 15) is 9.59 Å². The summed E-state index contributed by atoms with van der Waals surface area (Å²) in [5.74, 6) is 0.411. The number of carbonyl (C=O) groups excluding carboxylic acids is 1. The highest BCUT2D eigenvalue weighted by atomic mass is 16.5. The second kappa shape index (κ2) is 6.64. The normalized spacial score (nSPS) is 17.0. The van der Waals surface area contributed by atoms with Crippen molar-refractivity contribution in [3.8, 4) is 0 Å². The molecule has 4 rings (SSSR count). The van der Waals surface area contributed by atoms with Gasteiger partial charge in [-0.1, -0.05) is 5.16 Å². The Morgan fingerprint density at radius 1 is 1.30 bits per heavy atom. The second-order valence-corrected chi connectivity index (χ2v) is 7.01. The Morgan fingerprint density at radius 3 is 2.81 bits per heavy atom. The van der Waals surface area contributed by atoms with Crippen molar-refractivity contribution >= 4 is 16.9 Å². The summed E-state index contributed by atoms with van der Waals surface area (Å²) in [6.45, 7) is 6.93. The smallest absolute Gasteiger partial charge is 0.259 e. The van der Waals surface area contributed by atoms with E-state index in [-0.39, 0.29) is 22.9 Å². The van der Waals surface area contributed by atoms with Gasteiger partial charge in [0.1, 0.15) is 11.2 Å². The van der Waals surface area contributed by atoms with Crippen LogP contribution in [0.1, 0.15) is 53.3 Å². The van der Waals surface area contributed by atoms with Crippen molar-refractivity contribution in [3.05, 3.63) is 57.3 Å². The molecule has 0 N–H and O–H groups in total. The molecule has 0 saturated carbocycles. The monoisotopic (exact) mass is 366 g/mol. The van der Waals surface area contributed by atoms with Gasteiger partial charge in [0.2, 0.25) is 5.43 Å². The van der Waals surface area contributed by atoms with Crippen LogP contribution >= 0.6 is 0 Å². The van der Waals surface area contributed by atoms with Gasteiger partial charge in [-0.2, -0.15) is 0 Å². The summed E-state index contributed by atoms with van der Waals surface area (Å²) in [5.41, 5.74) is 2.14. The summed E-state index contributed by atoms with van der Waals surface area (Å²) < 4.78 is 7.25. The Kier molecular flexibility index (Phi) is 4.30. The van der Waals surface area contributed by atoms with Gasteiger partial charge in [0, 0.05) is 31.0 Å². The molecule has 3 aromatic heterocycles. The maximum absolute atomic E-state index is 13.3. The summed E-state index contributed by atoms with van der Waals surface area (Å²) in [6, 6.07) is 5.23. The molecule has 0 aliphatic carbocycles. The summed E-state index contributed by atoms with van der Waals surface area (Å²) in [4.78, 5) is 32.5. The quantitative estimate of drug-likeness (QED) is 0.712.